The smallest absolute Gasteiger partial charge is 0.120 e. The first-order valence-electron chi connectivity index (χ1n) is 7.05. The Hall–Kier alpha value is -1.11. The Morgan fingerprint density at radius 3 is 2.56 bits per heavy atom. The van der Waals surface area contributed by atoms with E-state index < -0.39 is 0 Å². The van der Waals surface area contributed by atoms with Crippen LogP contribution in [0.3, 0.4) is 0 Å². The van der Waals surface area contributed by atoms with Crippen molar-refractivity contribution >= 4 is 6.29 Å². The van der Waals surface area contributed by atoms with Crippen LogP contribution in [0.15, 0.2) is 34.9 Å². The minimum absolute atomic E-state index is 0.430. The van der Waals surface area contributed by atoms with Gasteiger partial charge in [-0.3, -0.25) is 0 Å². The lowest BCUT2D eigenvalue weighted by atomic mass is 9.89. The van der Waals surface area contributed by atoms with Crippen molar-refractivity contribution in [2.75, 3.05) is 0 Å². The van der Waals surface area contributed by atoms with E-state index in [-0.39, 0.29) is 0 Å². The molecule has 0 radical (unpaired) electrons. The minimum Gasteiger partial charge on any atom is -0.303 e. The van der Waals surface area contributed by atoms with Gasteiger partial charge in [0.15, 0.2) is 0 Å². The van der Waals surface area contributed by atoms with Crippen molar-refractivity contribution in [1.82, 2.24) is 0 Å². The van der Waals surface area contributed by atoms with Gasteiger partial charge in [0.25, 0.3) is 0 Å². The molecule has 0 aliphatic heterocycles. The first-order valence-corrected chi connectivity index (χ1v) is 7.05. The van der Waals surface area contributed by atoms with Crippen LogP contribution in [0.1, 0.15) is 59.3 Å². The third-order valence-corrected chi connectivity index (χ3v) is 3.85. The van der Waals surface area contributed by atoms with Gasteiger partial charge in [-0.05, 0) is 58.8 Å². The number of rotatable bonds is 2. The maximum absolute atomic E-state index is 10.8. The summed E-state index contributed by atoms with van der Waals surface area (Å²) in [5, 5.41) is 0. The fourth-order valence-corrected chi connectivity index (χ4v) is 2.41. The van der Waals surface area contributed by atoms with Gasteiger partial charge in [-0.25, -0.2) is 0 Å². The van der Waals surface area contributed by atoms with Gasteiger partial charge in [0, 0.05) is 6.42 Å². The van der Waals surface area contributed by atoms with Gasteiger partial charge in [-0.15, -0.1) is 0 Å². The van der Waals surface area contributed by atoms with Crippen molar-refractivity contribution in [3.63, 3.8) is 0 Å². The molecule has 0 amide bonds. The highest BCUT2D eigenvalue weighted by Gasteiger charge is 2.10. The number of carbonyl (C=O) groups is 1. The van der Waals surface area contributed by atoms with Gasteiger partial charge in [0.1, 0.15) is 6.29 Å². The van der Waals surface area contributed by atoms with E-state index in [1.807, 2.05) is 0 Å². The average Bonchev–Trinajstić information content (AvgIpc) is 2.33. The van der Waals surface area contributed by atoms with E-state index in [2.05, 4.69) is 39.0 Å². The molecule has 0 saturated heterocycles. The second-order valence-electron chi connectivity index (χ2n) is 5.46. The summed E-state index contributed by atoms with van der Waals surface area (Å²) in [5.41, 5.74) is 4.31. The molecule has 0 bridgehead atoms. The summed E-state index contributed by atoms with van der Waals surface area (Å²) in [6, 6.07) is 0. The van der Waals surface area contributed by atoms with Crippen LogP contribution in [-0.4, -0.2) is 6.29 Å². The summed E-state index contributed by atoms with van der Waals surface area (Å²) < 4.78 is 0. The van der Waals surface area contributed by atoms with Crippen LogP contribution in [0.2, 0.25) is 0 Å². The SMILES string of the molecule is C/C1=C/C/C=C(\C)[C@H](CC=O)CC/C(C)=C\CC1. The first kappa shape index (κ1) is 14.9. The molecular formula is C17H26O. The highest BCUT2D eigenvalue weighted by molar-refractivity contribution is 5.50. The highest BCUT2D eigenvalue weighted by Crippen LogP contribution is 2.24. The summed E-state index contributed by atoms with van der Waals surface area (Å²) in [4.78, 5) is 10.8. The standard InChI is InChI=1S/C17H26O/c1-14-6-4-7-15(2)10-11-17(12-13-18)16(3)9-5-8-14/h7-9,13,17H,4-6,10-12H2,1-3H3/b14-8-,15-7-,16-9+/t17-/m0/s1. The van der Waals surface area contributed by atoms with Crippen LogP contribution in [0.25, 0.3) is 0 Å². The van der Waals surface area contributed by atoms with Gasteiger partial charge in [-0.1, -0.05) is 34.9 Å². The largest absolute Gasteiger partial charge is 0.303 e. The molecule has 1 aliphatic carbocycles. The molecule has 1 aliphatic rings. The molecule has 0 spiro atoms. The van der Waals surface area contributed by atoms with E-state index in [0.29, 0.717) is 12.3 Å². The Balaban J connectivity index is 2.82. The molecule has 1 nitrogen and oxygen atoms in total. The molecule has 0 aromatic rings. The van der Waals surface area contributed by atoms with E-state index in [0.717, 1.165) is 32.0 Å². The van der Waals surface area contributed by atoms with Crippen LogP contribution in [0.4, 0.5) is 0 Å². The summed E-state index contributed by atoms with van der Waals surface area (Å²) in [7, 11) is 0. The van der Waals surface area contributed by atoms with Crippen molar-refractivity contribution in [2.45, 2.75) is 59.3 Å². The molecule has 0 unspecified atom stereocenters. The lowest BCUT2D eigenvalue weighted by Crippen LogP contribution is -2.04. The first-order chi connectivity index (χ1) is 8.63. The molecule has 1 atom stereocenters. The van der Waals surface area contributed by atoms with Crippen molar-refractivity contribution in [3.05, 3.63) is 34.9 Å². The zero-order valence-corrected chi connectivity index (χ0v) is 12.0. The lowest BCUT2D eigenvalue weighted by Gasteiger charge is -2.16. The van der Waals surface area contributed by atoms with Crippen LogP contribution < -0.4 is 0 Å². The second kappa shape index (κ2) is 8.07. The summed E-state index contributed by atoms with van der Waals surface area (Å²) >= 11 is 0. The topological polar surface area (TPSA) is 17.1 Å². The summed E-state index contributed by atoms with van der Waals surface area (Å²) in [5.74, 6) is 0.430. The number of carbonyl (C=O) groups excluding carboxylic acids is 1. The number of hydrogen-bond acceptors (Lipinski definition) is 1. The van der Waals surface area contributed by atoms with Crippen LogP contribution in [-0.2, 0) is 4.79 Å². The normalized spacial score (nSPS) is 31.7. The number of allylic oxidation sites excluding steroid dienone is 6. The van der Waals surface area contributed by atoms with Gasteiger partial charge in [-0.2, -0.15) is 0 Å². The third kappa shape index (κ3) is 5.48. The number of aldehydes is 1. The summed E-state index contributed by atoms with van der Waals surface area (Å²) in [6.45, 7) is 6.59. The number of hydrogen-bond donors (Lipinski definition) is 0. The lowest BCUT2D eigenvalue weighted by molar-refractivity contribution is -0.108. The van der Waals surface area contributed by atoms with Crippen molar-refractivity contribution in [3.8, 4) is 0 Å². The van der Waals surface area contributed by atoms with Crippen LogP contribution in [0.5, 0.6) is 0 Å². The predicted molar refractivity (Wildman–Crippen MR) is 78.5 cm³/mol. The van der Waals surface area contributed by atoms with Crippen molar-refractivity contribution < 1.29 is 4.79 Å². The quantitative estimate of drug-likeness (QED) is 0.495. The maximum Gasteiger partial charge on any atom is 0.120 e. The van der Waals surface area contributed by atoms with E-state index in [9.17, 15) is 4.79 Å². The van der Waals surface area contributed by atoms with Gasteiger partial charge in [0.05, 0.1) is 0 Å². The molecule has 0 fully saturated rings. The molecule has 1 rings (SSSR count). The molecule has 0 aromatic carbocycles. The Kier molecular flexibility index (Phi) is 6.70. The fraction of sp³-hybridized carbons (Fsp3) is 0.588. The zero-order chi connectivity index (χ0) is 13.4. The molecule has 18 heavy (non-hydrogen) atoms. The molecule has 0 aromatic heterocycles. The minimum atomic E-state index is 0.430. The van der Waals surface area contributed by atoms with E-state index in [4.69, 9.17) is 0 Å². The van der Waals surface area contributed by atoms with Gasteiger partial charge in [0.2, 0.25) is 0 Å². The highest BCUT2D eigenvalue weighted by atomic mass is 16.1. The fourth-order valence-electron chi connectivity index (χ4n) is 2.41. The molecule has 1 heteroatoms. The Bertz CT molecular complexity index is 358. The molecule has 0 N–H and O–H groups in total. The monoisotopic (exact) mass is 246 g/mol. The summed E-state index contributed by atoms with van der Waals surface area (Å²) in [6.07, 6.45) is 14.2. The maximum atomic E-state index is 10.8. The van der Waals surface area contributed by atoms with Crippen molar-refractivity contribution in [1.29, 1.82) is 0 Å². The van der Waals surface area contributed by atoms with E-state index in [1.165, 1.54) is 23.1 Å². The van der Waals surface area contributed by atoms with Crippen LogP contribution >= 0.6 is 0 Å². The van der Waals surface area contributed by atoms with E-state index >= 15 is 0 Å². The molecule has 100 valence electrons. The van der Waals surface area contributed by atoms with Crippen LogP contribution in [0, 0.1) is 5.92 Å². The average molecular weight is 246 g/mol. The molecular weight excluding hydrogens is 220 g/mol. The Morgan fingerprint density at radius 1 is 1.11 bits per heavy atom. The van der Waals surface area contributed by atoms with Crippen molar-refractivity contribution in [2.24, 2.45) is 5.92 Å². The van der Waals surface area contributed by atoms with Gasteiger partial charge < -0.3 is 4.79 Å². The molecule has 0 heterocycles. The van der Waals surface area contributed by atoms with E-state index in [1.54, 1.807) is 0 Å². The Labute approximate surface area is 112 Å². The molecule has 0 saturated carbocycles. The Morgan fingerprint density at radius 2 is 1.83 bits per heavy atom. The van der Waals surface area contributed by atoms with Gasteiger partial charge >= 0.3 is 0 Å². The predicted octanol–water partition coefficient (Wildman–Crippen LogP) is 4.99. The second-order valence-corrected chi connectivity index (χ2v) is 5.46. The third-order valence-electron chi connectivity index (χ3n) is 3.85. The zero-order valence-electron chi connectivity index (χ0n) is 12.0.